The number of pyridine rings is 1. The summed E-state index contributed by atoms with van der Waals surface area (Å²) in [6, 6.07) is 8.16. The van der Waals surface area contributed by atoms with Crippen molar-refractivity contribution in [2.75, 3.05) is 0 Å². The number of rotatable bonds is 3. The number of carbonyl (C=O) groups is 1. The van der Waals surface area contributed by atoms with Gasteiger partial charge in [0, 0.05) is 11.8 Å². The lowest BCUT2D eigenvalue weighted by molar-refractivity contribution is 0.0697. The van der Waals surface area contributed by atoms with Gasteiger partial charge in [0.05, 0.1) is 34.9 Å². The Balaban J connectivity index is 2.08. The van der Waals surface area contributed by atoms with E-state index >= 15 is 0 Å². The van der Waals surface area contributed by atoms with Gasteiger partial charge in [-0.3, -0.25) is 4.98 Å². The van der Waals surface area contributed by atoms with E-state index < -0.39 is 11.8 Å². The molecule has 0 amide bonds. The van der Waals surface area contributed by atoms with Crippen LogP contribution >= 0.6 is 0 Å². The number of hydrogen-bond donors (Lipinski definition) is 1. The molecular formula is C17H11FN4O2. The minimum atomic E-state index is -1.10. The van der Waals surface area contributed by atoms with Crippen LogP contribution in [0.4, 0.5) is 4.39 Å². The molecule has 0 aliphatic carbocycles. The average molecular weight is 322 g/mol. The molecule has 3 rings (SSSR count). The summed E-state index contributed by atoms with van der Waals surface area (Å²) in [5, 5.41) is 22.2. The maximum absolute atomic E-state index is 14.1. The molecule has 0 aliphatic rings. The summed E-state index contributed by atoms with van der Waals surface area (Å²) in [4.78, 5) is 15.1. The number of nitrogens with zero attached hydrogens (tertiary/aromatic N) is 4. The lowest BCUT2D eigenvalue weighted by Gasteiger charge is -2.08. The van der Waals surface area contributed by atoms with Crippen LogP contribution in [0, 0.1) is 24.1 Å². The van der Waals surface area contributed by atoms with Gasteiger partial charge in [-0.05, 0) is 30.7 Å². The number of benzene rings is 1. The Morgan fingerprint density at radius 2 is 2.12 bits per heavy atom. The molecule has 7 heteroatoms. The van der Waals surface area contributed by atoms with Gasteiger partial charge in [0.1, 0.15) is 11.9 Å². The van der Waals surface area contributed by atoms with E-state index in [0.717, 1.165) is 5.56 Å². The SMILES string of the molecule is Cc1ccc(-c2ncc(-n3cc(C(=O)O)cn3)cc2C#N)c(F)c1. The van der Waals surface area contributed by atoms with E-state index in [9.17, 15) is 14.4 Å². The predicted molar refractivity (Wildman–Crippen MR) is 83.2 cm³/mol. The van der Waals surface area contributed by atoms with Crippen LogP contribution in [0.25, 0.3) is 16.9 Å². The van der Waals surface area contributed by atoms with E-state index in [0.29, 0.717) is 5.69 Å². The number of nitriles is 1. The zero-order valence-electron chi connectivity index (χ0n) is 12.6. The van der Waals surface area contributed by atoms with Gasteiger partial charge in [0.2, 0.25) is 0 Å². The number of aryl methyl sites for hydroxylation is 1. The average Bonchev–Trinajstić information content (AvgIpc) is 3.05. The molecule has 0 atom stereocenters. The molecule has 0 saturated heterocycles. The molecule has 3 aromatic rings. The van der Waals surface area contributed by atoms with Crippen molar-refractivity contribution in [2.24, 2.45) is 0 Å². The summed E-state index contributed by atoms with van der Waals surface area (Å²) in [5.74, 6) is -1.56. The van der Waals surface area contributed by atoms with E-state index in [1.165, 1.54) is 35.4 Å². The van der Waals surface area contributed by atoms with E-state index in [2.05, 4.69) is 10.1 Å². The van der Waals surface area contributed by atoms with Crippen LogP contribution in [0.2, 0.25) is 0 Å². The quantitative estimate of drug-likeness (QED) is 0.800. The summed E-state index contributed by atoms with van der Waals surface area (Å²) in [7, 11) is 0. The molecule has 118 valence electrons. The molecule has 0 radical (unpaired) electrons. The first-order valence-corrected chi connectivity index (χ1v) is 6.94. The molecule has 24 heavy (non-hydrogen) atoms. The summed E-state index contributed by atoms with van der Waals surface area (Å²) in [5.41, 5.74) is 1.82. The second-order valence-corrected chi connectivity index (χ2v) is 5.16. The zero-order valence-corrected chi connectivity index (χ0v) is 12.6. The van der Waals surface area contributed by atoms with Crippen molar-refractivity contribution in [1.82, 2.24) is 14.8 Å². The number of aromatic nitrogens is 3. The van der Waals surface area contributed by atoms with E-state index in [1.807, 2.05) is 6.07 Å². The monoisotopic (exact) mass is 322 g/mol. The molecule has 0 aliphatic heterocycles. The number of carboxylic acid groups (broad SMARTS) is 1. The summed E-state index contributed by atoms with van der Waals surface area (Å²) in [6.45, 7) is 1.77. The second-order valence-electron chi connectivity index (χ2n) is 5.16. The highest BCUT2D eigenvalue weighted by molar-refractivity contribution is 5.87. The predicted octanol–water partition coefficient (Wildman–Crippen LogP) is 2.95. The third-order valence-electron chi connectivity index (χ3n) is 3.47. The third-order valence-corrected chi connectivity index (χ3v) is 3.47. The van der Waals surface area contributed by atoms with Gasteiger partial charge in [-0.25, -0.2) is 13.9 Å². The lowest BCUT2D eigenvalue weighted by atomic mass is 10.0. The zero-order chi connectivity index (χ0) is 17.3. The second kappa shape index (κ2) is 5.93. The highest BCUT2D eigenvalue weighted by Crippen LogP contribution is 2.26. The van der Waals surface area contributed by atoms with Gasteiger partial charge in [0.15, 0.2) is 0 Å². The van der Waals surface area contributed by atoms with Gasteiger partial charge in [0.25, 0.3) is 0 Å². The summed E-state index contributed by atoms with van der Waals surface area (Å²) < 4.78 is 15.4. The van der Waals surface area contributed by atoms with E-state index in [-0.39, 0.29) is 22.4 Å². The number of hydrogen-bond acceptors (Lipinski definition) is 4. The Morgan fingerprint density at radius 3 is 2.75 bits per heavy atom. The van der Waals surface area contributed by atoms with Crippen molar-refractivity contribution in [1.29, 1.82) is 5.26 Å². The first-order chi connectivity index (χ1) is 11.5. The first-order valence-electron chi connectivity index (χ1n) is 6.94. The fraction of sp³-hybridized carbons (Fsp3) is 0.0588. The third kappa shape index (κ3) is 2.73. The minimum absolute atomic E-state index is 0.0159. The van der Waals surface area contributed by atoms with Crippen LogP contribution in [-0.4, -0.2) is 25.8 Å². The van der Waals surface area contributed by atoms with Crippen LogP contribution in [0.3, 0.4) is 0 Å². The van der Waals surface area contributed by atoms with Crippen LogP contribution in [0.15, 0.2) is 42.9 Å². The molecule has 0 bridgehead atoms. The van der Waals surface area contributed by atoms with Gasteiger partial charge in [-0.15, -0.1) is 0 Å². The summed E-state index contributed by atoms with van der Waals surface area (Å²) >= 11 is 0. The molecule has 0 fully saturated rings. The van der Waals surface area contributed by atoms with Gasteiger partial charge < -0.3 is 5.11 Å². The maximum atomic E-state index is 14.1. The van der Waals surface area contributed by atoms with Gasteiger partial charge >= 0.3 is 5.97 Å². The molecule has 0 unspecified atom stereocenters. The van der Waals surface area contributed by atoms with Crippen molar-refractivity contribution in [3.63, 3.8) is 0 Å². The smallest absolute Gasteiger partial charge is 0.338 e. The fourth-order valence-electron chi connectivity index (χ4n) is 2.27. The molecule has 0 spiro atoms. The van der Waals surface area contributed by atoms with E-state index in [4.69, 9.17) is 5.11 Å². The topological polar surface area (TPSA) is 91.8 Å². The highest BCUT2D eigenvalue weighted by atomic mass is 19.1. The fourth-order valence-corrected chi connectivity index (χ4v) is 2.27. The van der Waals surface area contributed by atoms with Crippen molar-refractivity contribution in [2.45, 2.75) is 6.92 Å². The Bertz CT molecular complexity index is 988. The first kappa shape index (κ1) is 15.4. The number of carboxylic acids is 1. The standard InChI is InChI=1S/C17H11FN4O2/c1-10-2-3-14(15(18)4-10)16-11(6-19)5-13(8-20-16)22-9-12(7-21-22)17(23)24/h2-5,7-9H,1H3,(H,23,24). The number of aromatic carboxylic acids is 1. The van der Waals surface area contributed by atoms with Crippen molar-refractivity contribution in [3.8, 4) is 23.0 Å². The molecular weight excluding hydrogens is 311 g/mol. The normalized spacial score (nSPS) is 10.4. The number of halogens is 1. The van der Waals surface area contributed by atoms with Gasteiger partial charge in [-0.2, -0.15) is 10.4 Å². The van der Waals surface area contributed by atoms with Crippen LogP contribution in [-0.2, 0) is 0 Å². The highest BCUT2D eigenvalue weighted by Gasteiger charge is 2.14. The Labute approximate surface area is 136 Å². The minimum Gasteiger partial charge on any atom is -0.478 e. The molecule has 2 heterocycles. The Kier molecular flexibility index (Phi) is 3.80. The molecule has 6 nitrogen and oxygen atoms in total. The Morgan fingerprint density at radius 1 is 1.33 bits per heavy atom. The van der Waals surface area contributed by atoms with Crippen molar-refractivity contribution in [3.05, 3.63) is 65.4 Å². The lowest BCUT2D eigenvalue weighted by Crippen LogP contribution is -2.00. The van der Waals surface area contributed by atoms with Gasteiger partial charge in [-0.1, -0.05) is 6.07 Å². The van der Waals surface area contributed by atoms with E-state index in [1.54, 1.807) is 19.1 Å². The molecule has 1 aromatic carbocycles. The van der Waals surface area contributed by atoms with Crippen molar-refractivity contribution < 1.29 is 14.3 Å². The van der Waals surface area contributed by atoms with Crippen LogP contribution in [0.1, 0.15) is 21.5 Å². The van der Waals surface area contributed by atoms with Crippen LogP contribution in [0.5, 0.6) is 0 Å². The Hall–Kier alpha value is -3.53. The molecule has 0 saturated carbocycles. The largest absolute Gasteiger partial charge is 0.478 e. The molecule has 1 N–H and O–H groups in total. The molecule has 2 aromatic heterocycles. The van der Waals surface area contributed by atoms with Crippen molar-refractivity contribution >= 4 is 5.97 Å². The maximum Gasteiger partial charge on any atom is 0.338 e. The van der Waals surface area contributed by atoms with Crippen LogP contribution < -0.4 is 0 Å². The summed E-state index contributed by atoms with van der Waals surface area (Å²) in [6.07, 6.45) is 3.92.